The van der Waals surface area contributed by atoms with Crippen molar-refractivity contribution in [1.29, 1.82) is 0 Å². The number of rotatable bonds is 7. The van der Waals surface area contributed by atoms with Gasteiger partial charge >= 0.3 is 5.69 Å². The average molecular weight is 378 g/mol. The summed E-state index contributed by atoms with van der Waals surface area (Å²) in [4.78, 5) is 19.3. The van der Waals surface area contributed by atoms with E-state index in [0.717, 1.165) is 51.4 Å². The van der Waals surface area contributed by atoms with Crippen molar-refractivity contribution >= 4 is 17.5 Å². The average Bonchev–Trinajstić information content (AvgIpc) is 2.66. The summed E-state index contributed by atoms with van der Waals surface area (Å²) in [6.07, 6.45) is 8.80. The molecular formula is C18H30N6O3. The first-order valence-corrected chi connectivity index (χ1v) is 9.94. The van der Waals surface area contributed by atoms with Gasteiger partial charge in [-0.15, -0.1) is 0 Å². The van der Waals surface area contributed by atoms with E-state index in [-0.39, 0.29) is 23.7 Å². The summed E-state index contributed by atoms with van der Waals surface area (Å²) in [5.74, 6) is 1.47. The van der Waals surface area contributed by atoms with Crippen LogP contribution in [-0.2, 0) is 0 Å². The van der Waals surface area contributed by atoms with Crippen molar-refractivity contribution in [3.63, 3.8) is 0 Å². The van der Waals surface area contributed by atoms with E-state index in [1.54, 1.807) is 0 Å². The molecule has 150 valence electrons. The Morgan fingerprint density at radius 2 is 1.89 bits per heavy atom. The Labute approximate surface area is 159 Å². The molecule has 2 atom stereocenters. The van der Waals surface area contributed by atoms with Gasteiger partial charge in [0, 0.05) is 19.1 Å². The number of nitrogens with one attached hydrogen (secondary N) is 2. The van der Waals surface area contributed by atoms with Gasteiger partial charge in [-0.05, 0) is 56.8 Å². The normalized spacial score (nSPS) is 28.5. The van der Waals surface area contributed by atoms with Crippen LogP contribution in [0.4, 0.5) is 17.5 Å². The number of nitrogens with zero attached hydrogens (tertiary/aromatic N) is 3. The molecule has 9 nitrogen and oxygen atoms in total. The highest BCUT2D eigenvalue weighted by atomic mass is 16.6. The van der Waals surface area contributed by atoms with Gasteiger partial charge < -0.3 is 21.5 Å². The van der Waals surface area contributed by atoms with Gasteiger partial charge in [-0.2, -0.15) is 4.98 Å². The summed E-state index contributed by atoms with van der Waals surface area (Å²) in [6.45, 7) is 1.31. The fourth-order valence-electron chi connectivity index (χ4n) is 4.04. The molecule has 2 aliphatic rings. The summed E-state index contributed by atoms with van der Waals surface area (Å²) < 4.78 is 0. The lowest BCUT2D eigenvalue weighted by Crippen LogP contribution is -2.29. The van der Waals surface area contributed by atoms with Crippen molar-refractivity contribution in [2.24, 2.45) is 17.6 Å². The monoisotopic (exact) mass is 378 g/mol. The molecule has 0 spiro atoms. The number of aliphatic hydroxyl groups is 1. The van der Waals surface area contributed by atoms with E-state index < -0.39 is 4.92 Å². The third-order valence-corrected chi connectivity index (χ3v) is 5.72. The summed E-state index contributed by atoms with van der Waals surface area (Å²) in [6, 6.07) is 0.281. The minimum atomic E-state index is -0.458. The standard InChI is InChI=1S/C18H30N6O3/c19-14-6-4-12(5-7-14)9-20-17-16(24(26)27)11-22-18(23-17)21-10-13-2-1-3-15(25)8-13/h11-15,25H,1-10,19H2,(H2,20,21,22,23)/t12-,13-,14-,15+/m0/s1. The van der Waals surface area contributed by atoms with E-state index in [4.69, 9.17) is 5.73 Å². The summed E-state index contributed by atoms with van der Waals surface area (Å²) in [5.41, 5.74) is 5.83. The van der Waals surface area contributed by atoms with Crippen LogP contribution in [0.2, 0.25) is 0 Å². The Hall–Kier alpha value is -2.00. The molecule has 1 aromatic rings. The quantitative estimate of drug-likeness (QED) is 0.418. The Kier molecular flexibility index (Phi) is 6.78. The first-order chi connectivity index (χ1) is 13.0. The second-order valence-corrected chi connectivity index (χ2v) is 7.91. The maximum atomic E-state index is 11.3. The molecule has 1 heterocycles. The molecule has 0 bridgehead atoms. The molecule has 2 saturated carbocycles. The minimum absolute atomic E-state index is 0.110. The number of hydrogen-bond acceptors (Lipinski definition) is 8. The third kappa shape index (κ3) is 5.74. The highest BCUT2D eigenvalue weighted by Gasteiger charge is 2.23. The summed E-state index contributed by atoms with van der Waals surface area (Å²) >= 11 is 0. The molecule has 0 radical (unpaired) electrons. The van der Waals surface area contributed by atoms with Crippen LogP contribution in [0.5, 0.6) is 0 Å². The van der Waals surface area contributed by atoms with Crippen LogP contribution in [-0.4, -0.2) is 45.2 Å². The molecule has 0 unspecified atom stereocenters. The van der Waals surface area contributed by atoms with E-state index in [1.165, 1.54) is 6.20 Å². The number of anilines is 2. The Bertz CT molecular complexity index is 636. The molecule has 0 saturated heterocycles. The molecule has 3 rings (SSSR count). The third-order valence-electron chi connectivity index (χ3n) is 5.72. The number of aromatic nitrogens is 2. The van der Waals surface area contributed by atoms with Gasteiger partial charge in [0.15, 0.2) is 0 Å². The molecule has 0 aromatic carbocycles. The molecular weight excluding hydrogens is 348 g/mol. The SMILES string of the molecule is N[C@H]1CC[C@H](CNc2nc(NC[C@H]3CCC[C@@H](O)C3)ncc2[N+](=O)[O-])CC1. The van der Waals surface area contributed by atoms with Gasteiger partial charge in [0.2, 0.25) is 11.8 Å². The number of aliphatic hydroxyl groups excluding tert-OH is 1. The first kappa shape index (κ1) is 19.8. The van der Waals surface area contributed by atoms with E-state index >= 15 is 0 Å². The van der Waals surface area contributed by atoms with Crippen LogP contribution >= 0.6 is 0 Å². The molecule has 2 fully saturated rings. The zero-order chi connectivity index (χ0) is 19.2. The van der Waals surface area contributed by atoms with E-state index in [1.807, 2.05) is 0 Å². The molecule has 2 aliphatic carbocycles. The minimum Gasteiger partial charge on any atom is -0.393 e. The van der Waals surface area contributed by atoms with Gasteiger partial charge in [-0.3, -0.25) is 10.1 Å². The lowest BCUT2D eigenvalue weighted by molar-refractivity contribution is -0.384. The number of nitrogens with two attached hydrogens (primary N) is 1. The van der Waals surface area contributed by atoms with E-state index in [0.29, 0.717) is 30.9 Å². The van der Waals surface area contributed by atoms with Crippen molar-refractivity contribution in [3.05, 3.63) is 16.3 Å². The van der Waals surface area contributed by atoms with Gasteiger partial charge in [-0.25, -0.2) is 4.98 Å². The van der Waals surface area contributed by atoms with Crippen LogP contribution in [0, 0.1) is 22.0 Å². The van der Waals surface area contributed by atoms with Crippen LogP contribution in [0.1, 0.15) is 51.4 Å². The van der Waals surface area contributed by atoms with Crippen LogP contribution in [0.3, 0.4) is 0 Å². The molecule has 0 aliphatic heterocycles. The molecule has 9 heteroatoms. The van der Waals surface area contributed by atoms with Gasteiger partial charge in [0.1, 0.15) is 6.20 Å². The molecule has 0 amide bonds. The van der Waals surface area contributed by atoms with E-state index in [9.17, 15) is 15.2 Å². The maximum Gasteiger partial charge on any atom is 0.329 e. The van der Waals surface area contributed by atoms with Gasteiger partial charge in [0.25, 0.3) is 0 Å². The Morgan fingerprint density at radius 1 is 1.15 bits per heavy atom. The van der Waals surface area contributed by atoms with Crippen LogP contribution < -0.4 is 16.4 Å². The van der Waals surface area contributed by atoms with Crippen molar-refractivity contribution in [2.45, 2.75) is 63.5 Å². The summed E-state index contributed by atoms with van der Waals surface area (Å²) in [7, 11) is 0. The molecule has 5 N–H and O–H groups in total. The topological polar surface area (TPSA) is 139 Å². The fraction of sp³-hybridized carbons (Fsp3) is 0.778. The predicted molar refractivity (Wildman–Crippen MR) is 104 cm³/mol. The maximum absolute atomic E-state index is 11.3. The highest BCUT2D eigenvalue weighted by Crippen LogP contribution is 2.27. The lowest BCUT2D eigenvalue weighted by Gasteiger charge is -2.26. The zero-order valence-corrected chi connectivity index (χ0v) is 15.6. The molecule has 27 heavy (non-hydrogen) atoms. The van der Waals surface area contributed by atoms with E-state index in [2.05, 4.69) is 20.6 Å². The van der Waals surface area contributed by atoms with Crippen molar-refractivity contribution in [2.75, 3.05) is 23.7 Å². The zero-order valence-electron chi connectivity index (χ0n) is 15.6. The fourth-order valence-corrected chi connectivity index (χ4v) is 4.04. The largest absolute Gasteiger partial charge is 0.393 e. The highest BCUT2D eigenvalue weighted by molar-refractivity contribution is 5.57. The Morgan fingerprint density at radius 3 is 2.59 bits per heavy atom. The predicted octanol–water partition coefficient (Wildman–Crippen LogP) is 2.28. The van der Waals surface area contributed by atoms with Crippen LogP contribution in [0.15, 0.2) is 6.20 Å². The number of hydrogen-bond donors (Lipinski definition) is 4. The van der Waals surface area contributed by atoms with Gasteiger partial charge in [0.05, 0.1) is 11.0 Å². The summed E-state index contributed by atoms with van der Waals surface area (Å²) in [5, 5.41) is 27.4. The second kappa shape index (κ2) is 9.27. The van der Waals surface area contributed by atoms with Crippen molar-refractivity contribution in [3.8, 4) is 0 Å². The first-order valence-electron chi connectivity index (χ1n) is 9.94. The Balaban J connectivity index is 1.59. The van der Waals surface area contributed by atoms with Gasteiger partial charge in [-0.1, -0.05) is 6.42 Å². The van der Waals surface area contributed by atoms with Crippen LogP contribution in [0.25, 0.3) is 0 Å². The van der Waals surface area contributed by atoms with Crippen molar-refractivity contribution < 1.29 is 10.0 Å². The second-order valence-electron chi connectivity index (χ2n) is 7.91. The lowest BCUT2D eigenvalue weighted by atomic mass is 9.86. The number of nitro groups is 1. The van der Waals surface area contributed by atoms with Crippen molar-refractivity contribution in [1.82, 2.24) is 9.97 Å². The molecule has 1 aromatic heterocycles. The smallest absolute Gasteiger partial charge is 0.329 e.